The monoisotopic (exact) mass is 244 g/mol. The van der Waals surface area contributed by atoms with Crippen LogP contribution in [0, 0.1) is 0 Å². The van der Waals surface area contributed by atoms with Crippen molar-refractivity contribution in [1.29, 1.82) is 0 Å². The number of alkyl halides is 1. The lowest BCUT2D eigenvalue weighted by Crippen LogP contribution is -2.12. The molecule has 0 aliphatic heterocycles. The summed E-state index contributed by atoms with van der Waals surface area (Å²) in [5.74, 6) is 0.585. The Morgan fingerprint density at radius 3 is 2.75 bits per heavy atom. The Morgan fingerprint density at radius 2 is 2.12 bits per heavy atom. The lowest BCUT2D eigenvalue weighted by molar-refractivity contribution is 0.197. The Morgan fingerprint density at radius 1 is 1.38 bits per heavy atom. The maximum Gasteiger partial charge on any atom is 0.216 e. The fourth-order valence-corrected chi connectivity index (χ4v) is 1.55. The van der Waals surface area contributed by atoms with Gasteiger partial charge in [-0.1, -0.05) is 0 Å². The molecule has 0 aliphatic rings. The first kappa shape index (κ1) is 13.2. The van der Waals surface area contributed by atoms with Crippen LogP contribution in [0.1, 0.15) is 19.5 Å². The lowest BCUT2D eigenvalue weighted by atomic mass is 10.2. The summed E-state index contributed by atoms with van der Waals surface area (Å²) in [7, 11) is 1.63. The molecule has 0 aromatic carbocycles. The molecule has 0 bridgehead atoms. The molecule has 1 aromatic rings. The van der Waals surface area contributed by atoms with Gasteiger partial charge in [0.15, 0.2) is 0 Å². The molecule has 1 rings (SSSR count). The van der Waals surface area contributed by atoms with E-state index in [9.17, 15) is 0 Å². The van der Waals surface area contributed by atoms with Crippen LogP contribution in [0.3, 0.4) is 0 Å². The van der Waals surface area contributed by atoms with Crippen LogP contribution in [-0.4, -0.2) is 35.2 Å². The Balaban J connectivity index is 2.59. The maximum atomic E-state index is 6.05. The van der Waals surface area contributed by atoms with Crippen LogP contribution in [0.2, 0.25) is 0 Å². The average molecular weight is 245 g/mol. The van der Waals surface area contributed by atoms with E-state index in [2.05, 4.69) is 9.97 Å². The highest BCUT2D eigenvalue weighted by Gasteiger charge is 2.08. The van der Waals surface area contributed by atoms with Crippen LogP contribution < -0.4 is 4.74 Å². The second-order valence-electron chi connectivity index (χ2n) is 3.77. The topological polar surface area (TPSA) is 44.2 Å². The van der Waals surface area contributed by atoms with Crippen molar-refractivity contribution < 1.29 is 9.47 Å². The van der Waals surface area contributed by atoms with E-state index in [1.54, 1.807) is 7.11 Å². The summed E-state index contributed by atoms with van der Waals surface area (Å²) < 4.78 is 10.4. The van der Waals surface area contributed by atoms with Crippen molar-refractivity contribution in [3.05, 3.63) is 18.1 Å². The number of ether oxygens (including phenoxy) is 2. The van der Waals surface area contributed by atoms with E-state index in [1.165, 1.54) is 6.33 Å². The van der Waals surface area contributed by atoms with Crippen LogP contribution in [0.25, 0.3) is 0 Å². The summed E-state index contributed by atoms with van der Waals surface area (Å²) in [6, 6.07) is 1.81. The number of hydrogen-bond acceptors (Lipinski definition) is 4. The van der Waals surface area contributed by atoms with E-state index in [0.717, 1.165) is 5.69 Å². The maximum absolute atomic E-state index is 6.05. The quantitative estimate of drug-likeness (QED) is 0.719. The van der Waals surface area contributed by atoms with Crippen LogP contribution in [-0.2, 0) is 11.2 Å². The molecule has 0 amide bonds. The molecular formula is C11H17ClN2O2. The Bertz CT molecular complexity index is 321. The summed E-state index contributed by atoms with van der Waals surface area (Å²) in [5, 5.41) is -0.0770. The van der Waals surface area contributed by atoms with E-state index in [1.807, 2.05) is 19.9 Å². The predicted molar refractivity (Wildman–Crippen MR) is 63.0 cm³/mol. The number of rotatable bonds is 6. The van der Waals surface area contributed by atoms with Gasteiger partial charge >= 0.3 is 0 Å². The molecule has 16 heavy (non-hydrogen) atoms. The van der Waals surface area contributed by atoms with Crippen LogP contribution in [0.5, 0.6) is 5.88 Å². The van der Waals surface area contributed by atoms with E-state index in [0.29, 0.717) is 18.9 Å². The predicted octanol–water partition coefficient (Wildman–Crippen LogP) is 2.06. The smallest absolute Gasteiger partial charge is 0.216 e. The molecule has 0 fully saturated rings. The van der Waals surface area contributed by atoms with Gasteiger partial charge in [0.25, 0.3) is 0 Å². The van der Waals surface area contributed by atoms with Crippen molar-refractivity contribution in [3.8, 4) is 5.88 Å². The van der Waals surface area contributed by atoms with Crippen molar-refractivity contribution in [3.63, 3.8) is 0 Å². The van der Waals surface area contributed by atoms with Crippen molar-refractivity contribution in [2.45, 2.75) is 31.7 Å². The van der Waals surface area contributed by atoms with Crippen molar-refractivity contribution in [2.75, 3.05) is 13.7 Å². The Labute approximate surface area is 101 Å². The Hall–Kier alpha value is -0.870. The molecule has 0 saturated heterocycles. The second kappa shape index (κ2) is 6.66. The molecule has 4 nitrogen and oxygen atoms in total. The van der Waals surface area contributed by atoms with Gasteiger partial charge < -0.3 is 9.47 Å². The normalized spacial score (nSPS) is 12.8. The standard InChI is InChI=1S/C11H17ClN2O2/c1-8(2)16-11-5-10(13-7-14-11)4-9(12)6-15-3/h5,7-9H,4,6H2,1-3H3. The molecule has 5 heteroatoms. The molecule has 90 valence electrons. The van der Waals surface area contributed by atoms with Crippen molar-refractivity contribution >= 4 is 11.6 Å². The SMILES string of the molecule is COCC(Cl)Cc1cc(OC(C)C)ncn1. The van der Waals surface area contributed by atoms with E-state index in [-0.39, 0.29) is 11.5 Å². The first-order valence-electron chi connectivity index (χ1n) is 5.22. The van der Waals surface area contributed by atoms with Gasteiger partial charge in [0.05, 0.1) is 18.1 Å². The van der Waals surface area contributed by atoms with E-state index < -0.39 is 0 Å². The molecule has 0 saturated carbocycles. The minimum absolute atomic E-state index is 0.0770. The molecule has 1 heterocycles. The van der Waals surface area contributed by atoms with Crippen molar-refractivity contribution in [1.82, 2.24) is 9.97 Å². The van der Waals surface area contributed by atoms with Gasteiger partial charge in [0, 0.05) is 25.3 Å². The molecule has 1 atom stereocenters. The fourth-order valence-electron chi connectivity index (χ4n) is 1.26. The zero-order valence-electron chi connectivity index (χ0n) is 9.81. The summed E-state index contributed by atoms with van der Waals surface area (Å²) >= 11 is 6.05. The van der Waals surface area contributed by atoms with Gasteiger partial charge in [0.2, 0.25) is 5.88 Å². The van der Waals surface area contributed by atoms with Gasteiger partial charge in [-0.3, -0.25) is 0 Å². The molecule has 0 spiro atoms. The minimum Gasteiger partial charge on any atom is -0.475 e. The third kappa shape index (κ3) is 4.77. The third-order valence-corrected chi connectivity index (χ3v) is 2.11. The molecule has 0 aliphatic carbocycles. The van der Waals surface area contributed by atoms with Crippen LogP contribution >= 0.6 is 11.6 Å². The number of methoxy groups -OCH3 is 1. The van der Waals surface area contributed by atoms with Crippen LogP contribution in [0.4, 0.5) is 0 Å². The molecule has 1 unspecified atom stereocenters. The highest BCUT2D eigenvalue weighted by atomic mass is 35.5. The zero-order valence-corrected chi connectivity index (χ0v) is 10.6. The minimum atomic E-state index is -0.0770. The number of halogens is 1. The highest BCUT2D eigenvalue weighted by Crippen LogP contribution is 2.12. The summed E-state index contributed by atoms with van der Waals surface area (Å²) in [6.07, 6.45) is 2.24. The number of aromatic nitrogens is 2. The summed E-state index contributed by atoms with van der Waals surface area (Å²) in [5.41, 5.74) is 0.864. The molecular weight excluding hydrogens is 228 g/mol. The van der Waals surface area contributed by atoms with Crippen LogP contribution in [0.15, 0.2) is 12.4 Å². The van der Waals surface area contributed by atoms with Gasteiger partial charge in [-0.05, 0) is 13.8 Å². The van der Waals surface area contributed by atoms with E-state index in [4.69, 9.17) is 21.1 Å². The second-order valence-corrected chi connectivity index (χ2v) is 4.39. The number of hydrogen-bond donors (Lipinski definition) is 0. The average Bonchev–Trinajstić information content (AvgIpc) is 2.17. The number of nitrogens with zero attached hydrogens (tertiary/aromatic N) is 2. The largest absolute Gasteiger partial charge is 0.475 e. The van der Waals surface area contributed by atoms with Gasteiger partial charge in [-0.2, -0.15) is 0 Å². The zero-order chi connectivity index (χ0) is 12.0. The third-order valence-electron chi connectivity index (χ3n) is 1.83. The molecule has 1 aromatic heterocycles. The highest BCUT2D eigenvalue weighted by molar-refractivity contribution is 6.20. The summed E-state index contributed by atoms with van der Waals surface area (Å²) in [4.78, 5) is 8.16. The van der Waals surface area contributed by atoms with Gasteiger partial charge in [-0.15, -0.1) is 11.6 Å². The lowest BCUT2D eigenvalue weighted by Gasteiger charge is -2.10. The Kier molecular flexibility index (Phi) is 5.49. The summed E-state index contributed by atoms with van der Waals surface area (Å²) in [6.45, 7) is 4.42. The first-order chi connectivity index (χ1) is 7.61. The van der Waals surface area contributed by atoms with Crippen molar-refractivity contribution in [2.24, 2.45) is 0 Å². The first-order valence-corrected chi connectivity index (χ1v) is 5.66. The molecule has 0 N–H and O–H groups in total. The molecule has 0 radical (unpaired) electrons. The van der Waals surface area contributed by atoms with E-state index >= 15 is 0 Å². The fraction of sp³-hybridized carbons (Fsp3) is 0.636. The van der Waals surface area contributed by atoms with Gasteiger partial charge in [-0.25, -0.2) is 9.97 Å². The van der Waals surface area contributed by atoms with Gasteiger partial charge in [0.1, 0.15) is 6.33 Å².